The van der Waals surface area contributed by atoms with Crippen LogP contribution in [0.4, 0.5) is 0 Å². The molecule has 0 heterocycles. The van der Waals surface area contributed by atoms with Crippen molar-refractivity contribution in [1.82, 2.24) is 0 Å². The van der Waals surface area contributed by atoms with Gasteiger partial charge in [-0.2, -0.15) is 0 Å². The van der Waals surface area contributed by atoms with E-state index in [1.807, 2.05) is 0 Å². The molecule has 4 aliphatic rings. The lowest BCUT2D eigenvalue weighted by molar-refractivity contribution is -0.153. The van der Waals surface area contributed by atoms with Gasteiger partial charge in [0, 0.05) is 12.0 Å². The zero-order valence-corrected chi connectivity index (χ0v) is 18.3. The Labute approximate surface area is 175 Å². The van der Waals surface area contributed by atoms with E-state index in [0.717, 1.165) is 37.7 Å². The number of hydrogen-bond donors (Lipinski definition) is 2. The summed E-state index contributed by atoms with van der Waals surface area (Å²) in [5, 5.41) is 20.2. The number of fused-ring (bicyclic) bond motifs is 5. The molecule has 4 fully saturated rings. The lowest BCUT2D eigenvalue weighted by Crippen LogP contribution is -2.57. The van der Waals surface area contributed by atoms with Gasteiger partial charge in [-0.3, -0.25) is 4.79 Å². The van der Waals surface area contributed by atoms with Crippen LogP contribution in [0.2, 0.25) is 0 Å². The molecule has 0 bridgehead atoms. The summed E-state index contributed by atoms with van der Waals surface area (Å²) in [4.78, 5) is 22.3. The van der Waals surface area contributed by atoms with E-state index >= 15 is 0 Å². The number of aliphatic hydroxyl groups excluding tert-OH is 1. The molecule has 0 spiro atoms. The van der Waals surface area contributed by atoms with Gasteiger partial charge in [0.1, 0.15) is 5.94 Å². The Bertz CT molecular complexity index is 710. The number of carboxylic acid groups (broad SMARTS) is 1. The van der Waals surface area contributed by atoms with Crippen LogP contribution in [0.5, 0.6) is 0 Å². The van der Waals surface area contributed by atoms with Gasteiger partial charge in [0.2, 0.25) is 0 Å². The highest BCUT2D eigenvalue weighted by Gasteiger charge is 2.62. The van der Waals surface area contributed by atoms with Crippen molar-refractivity contribution in [3.63, 3.8) is 0 Å². The summed E-state index contributed by atoms with van der Waals surface area (Å²) in [7, 11) is 0. The van der Waals surface area contributed by atoms with Crippen molar-refractivity contribution >= 4 is 11.9 Å². The van der Waals surface area contributed by atoms with Crippen LogP contribution in [0, 0.1) is 46.3 Å². The summed E-state index contributed by atoms with van der Waals surface area (Å²) >= 11 is 0. The molecule has 2 N–H and O–H groups in total. The molecular formula is C25H38O4. The molecule has 0 amide bonds. The third-order valence-electron chi connectivity index (χ3n) is 10.3. The van der Waals surface area contributed by atoms with E-state index in [1.54, 1.807) is 0 Å². The predicted molar refractivity (Wildman–Crippen MR) is 112 cm³/mol. The molecule has 0 radical (unpaired) electrons. The number of rotatable bonds is 4. The zero-order valence-electron chi connectivity index (χ0n) is 18.3. The number of aliphatic carboxylic acids is 1. The average Bonchev–Trinajstić information content (AvgIpc) is 3.03. The fourth-order valence-electron chi connectivity index (χ4n) is 8.74. The monoisotopic (exact) mass is 402 g/mol. The smallest absolute Gasteiger partial charge is 0.303 e. The maximum atomic E-state index is 11.2. The van der Waals surface area contributed by atoms with E-state index in [1.165, 1.54) is 25.7 Å². The highest BCUT2D eigenvalue weighted by Crippen LogP contribution is 2.68. The summed E-state index contributed by atoms with van der Waals surface area (Å²) in [6.07, 6.45) is 9.12. The molecule has 4 heteroatoms. The lowest BCUT2D eigenvalue weighted by Gasteiger charge is -2.62. The van der Waals surface area contributed by atoms with E-state index in [4.69, 9.17) is 5.11 Å². The highest BCUT2D eigenvalue weighted by molar-refractivity contribution is 5.66. The Morgan fingerprint density at radius 1 is 1.14 bits per heavy atom. The fourth-order valence-corrected chi connectivity index (χ4v) is 8.74. The van der Waals surface area contributed by atoms with Crippen molar-refractivity contribution in [2.45, 2.75) is 91.1 Å². The van der Waals surface area contributed by atoms with E-state index in [0.29, 0.717) is 29.6 Å². The molecule has 29 heavy (non-hydrogen) atoms. The minimum absolute atomic E-state index is 0.136. The molecular weight excluding hydrogens is 364 g/mol. The molecule has 0 saturated heterocycles. The number of hydrogen-bond acceptors (Lipinski definition) is 3. The number of carboxylic acids is 1. The Balaban J connectivity index is 1.56. The van der Waals surface area contributed by atoms with Gasteiger partial charge in [-0.1, -0.05) is 20.8 Å². The molecule has 4 nitrogen and oxygen atoms in total. The van der Waals surface area contributed by atoms with E-state index in [-0.39, 0.29) is 29.3 Å². The summed E-state index contributed by atoms with van der Waals surface area (Å²) in [6.45, 7) is 7.12. The summed E-state index contributed by atoms with van der Waals surface area (Å²) in [5.74, 6) is 4.59. The molecule has 4 aliphatic carbocycles. The molecule has 0 aromatic heterocycles. The van der Waals surface area contributed by atoms with Crippen LogP contribution < -0.4 is 0 Å². The van der Waals surface area contributed by atoms with Crippen molar-refractivity contribution in [2.24, 2.45) is 46.3 Å². The Hall–Kier alpha value is -1.12. The van der Waals surface area contributed by atoms with Crippen molar-refractivity contribution in [3.8, 4) is 0 Å². The van der Waals surface area contributed by atoms with E-state index < -0.39 is 5.97 Å². The minimum Gasteiger partial charge on any atom is -0.481 e. The molecule has 4 rings (SSSR count). The SMILES string of the molecule is CC(CCC(=O)O)[C@H]1CC[C@H]2[C@@H]3C[C@H](O)[C@@H]4CC(=C=O)CC[C@]4(C)[C@H]3CC[C@]12C. The first-order valence-corrected chi connectivity index (χ1v) is 11.8. The van der Waals surface area contributed by atoms with Gasteiger partial charge in [0.25, 0.3) is 0 Å². The lowest BCUT2D eigenvalue weighted by atomic mass is 9.43. The maximum absolute atomic E-state index is 11.2. The zero-order chi connectivity index (χ0) is 21.0. The number of carbonyl (C=O) groups excluding carboxylic acids is 1. The van der Waals surface area contributed by atoms with E-state index in [9.17, 15) is 14.7 Å². The highest BCUT2D eigenvalue weighted by atomic mass is 16.4. The fraction of sp³-hybridized carbons (Fsp3) is 0.880. The first-order valence-electron chi connectivity index (χ1n) is 11.8. The largest absolute Gasteiger partial charge is 0.481 e. The summed E-state index contributed by atoms with van der Waals surface area (Å²) in [6, 6.07) is 0. The first kappa shape index (κ1) is 21.1. The topological polar surface area (TPSA) is 74.6 Å². The molecule has 0 aliphatic heterocycles. The van der Waals surface area contributed by atoms with Crippen LogP contribution >= 0.6 is 0 Å². The number of carbonyl (C=O) groups is 1. The molecule has 4 saturated carbocycles. The predicted octanol–water partition coefficient (Wildman–Crippen LogP) is 4.88. The normalized spacial score (nSPS) is 47.5. The summed E-state index contributed by atoms with van der Waals surface area (Å²) in [5.41, 5.74) is 1.29. The minimum atomic E-state index is -0.685. The maximum Gasteiger partial charge on any atom is 0.303 e. The third kappa shape index (κ3) is 3.31. The van der Waals surface area contributed by atoms with Crippen LogP contribution in [0.25, 0.3) is 0 Å². The Morgan fingerprint density at radius 2 is 1.86 bits per heavy atom. The second-order valence-corrected chi connectivity index (χ2v) is 11.3. The Kier molecular flexibility index (Phi) is 5.49. The van der Waals surface area contributed by atoms with Gasteiger partial charge in [0.05, 0.1) is 6.10 Å². The van der Waals surface area contributed by atoms with Crippen molar-refractivity contribution < 1.29 is 19.8 Å². The quantitative estimate of drug-likeness (QED) is 0.658. The molecule has 0 aromatic carbocycles. The van der Waals surface area contributed by atoms with E-state index in [2.05, 4.69) is 26.7 Å². The molecule has 9 atom stereocenters. The van der Waals surface area contributed by atoms with Gasteiger partial charge < -0.3 is 10.2 Å². The van der Waals surface area contributed by atoms with Gasteiger partial charge in [-0.25, -0.2) is 4.79 Å². The van der Waals surface area contributed by atoms with Crippen molar-refractivity contribution in [2.75, 3.05) is 0 Å². The molecule has 0 aromatic rings. The Morgan fingerprint density at radius 3 is 2.55 bits per heavy atom. The number of aliphatic hydroxyl groups is 1. The van der Waals surface area contributed by atoms with Crippen LogP contribution in [-0.2, 0) is 9.59 Å². The first-order chi connectivity index (χ1) is 13.7. The number of allylic oxidation sites excluding steroid dienone is 1. The second-order valence-electron chi connectivity index (χ2n) is 11.3. The molecule has 1 unspecified atom stereocenters. The van der Waals surface area contributed by atoms with Crippen LogP contribution in [-0.4, -0.2) is 28.2 Å². The standard InChI is InChI=1S/C25H38O4/c1-15(4-7-23(28)29)18-5-6-19-17-13-22(27)21-12-16(14-26)8-10-25(21,3)20(17)9-11-24(18,19)2/h15,17-22,27H,4-13H2,1-3H3,(H,28,29)/t15?,17-,18+,19-,20-,21-,22-,24+,25+/m0/s1. The van der Waals surface area contributed by atoms with Crippen molar-refractivity contribution in [1.29, 1.82) is 0 Å². The van der Waals surface area contributed by atoms with Gasteiger partial charge in [-0.05, 0) is 104 Å². The second kappa shape index (κ2) is 7.54. The van der Waals surface area contributed by atoms with Gasteiger partial charge >= 0.3 is 5.97 Å². The molecule has 162 valence electrons. The van der Waals surface area contributed by atoms with Crippen LogP contribution in [0.1, 0.15) is 85.0 Å². The van der Waals surface area contributed by atoms with Gasteiger partial charge in [0.15, 0.2) is 0 Å². The van der Waals surface area contributed by atoms with Crippen LogP contribution in [0.3, 0.4) is 0 Å². The van der Waals surface area contributed by atoms with Crippen molar-refractivity contribution in [3.05, 3.63) is 5.57 Å². The average molecular weight is 403 g/mol. The van der Waals surface area contributed by atoms with Crippen LogP contribution in [0.15, 0.2) is 5.57 Å². The van der Waals surface area contributed by atoms with Gasteiger partial charge in [-0.15, -0.1) is 0 Å². The third-order valence-corrected chi connectivity index (χ3v) is 10.3. The summed E-state index contributed by atoms with van der Waals surface area (Å²) < 4.78 is 0.